The molecule has 0 fully saturated rings. The van der Waals surface area contributed by atoms with Gasteiger partial charge in [0.25, 0.3) is 0 Å². The van der Waals surface area contributed by atoms with Crippen LogP contribution >= 0.6 is 0 Å². The molecule has 3 N–H and O–H groups in total. The number of hydrogen-bond acceptors (Lipinski definition) is 5. The Balaban J connectivity index is 4.61. The van der Waals surface area contributed by atoms with Gasteiger partial charge in [-0.25, -0.2) is 0 Å². The fourth-order valence-corrected chi connectivity index (χ4v) is 7.36. The van der Waals surface area contributed by atoms with Gasteiger partial charge in [-0.2, -0.15) is 0 Å². The lowest BCUT2D eigenvalue weighted by atomic mass is 10.0. The van der Waals surface area contributed by atoms with Crippen molar-refractivity contribution < 1.29 is 24.5 Å². The summed E-state index contributed by atoms with van der Waals surface area (Å²) >= 11 is 0. The highest BCUT2D eigenvalue weighted by Gasteiger charge is 2.24. The molecule has 59 heavy (non-hydrogen) atoms. The summed E-state index contributed by atoms with van der Waals surface area (Å²) < 4.78 is 5.87. The number of hydrogen-bond donors (Lipinski definition) is 3. The van der Waals surface area contributed by atoms with Crippen molar-refractivity contribution in [2.45, 2.75) is 257 Å². The van der Waals surface area contributed by atoms with Crippen LogP contribution in [0, 0.1) is 0 Å². The molecule has 0 spiro atoms. The van der Waals surface area contributed by atoms with Crippen LogP contribution in [0.3, 0.4) is 0 Å². The molecule has 0 aliphatic rings. The van der Waals surface area contributed by atoms with E-state index in [1.807, 2.05) is 6.08 Å². The number of esters is 1. The Hall–Kier alpha value is -2.44. The standard InChI is InChI=1S/C53H95NO5/c1-4-7-10-13-16-19-22-24-26-27-29-31-34-37-40-43-46-53(58)59-49(44-41-38-35-32-21-18-15-12-9-6-3)47-52(57)54-50(48-55)51(56)45-42-39-36-33-30-28-25-23-20-17-14-11-8-5-2/h7,10,16,19,24,26,29,31,37,40,49-51,55-56H,4-6,8-9,11-15,17-18,20-23,25,27-28,30,32-36,38-39,41-48H2,1-3H3,(H,54,57)/b10-7+,19-16+,26-24+,31-29+,40-37+. The first-order valence-electron chi connectivity index (χ1n) is 25.0. The molecule has 3 unspecified atom stereocenters. The van der Waals surface area contributed by atoms with E-state index < -0.39 is 18.2 Å². The summed E-state index contributed by atoms with van der Waals surface area (Å²) in [5.41, 5.74) is 0. The molecule has 0 heterocycles. The number of carbonyl (C=O) groups excluding carboxylic acids is 2. The first-order valence-corrected chi connectivity index (χ1v) is 25.0. The van der Waals surface area contributed by atoms with Crippen LogP contribution in [-0.2, 0) is 14.3 Å². The zero-order chi connectivity index (χ0) is 43.1. The lowest BCUT2D eigenvalue weighted by molar-refractivity contribution is -0.150. The van der Waals surface area contributed by atoms with Gasteiger partial charge in [0.05, 0.1) is 25.2 Å². The van der Waals surface area contributed by atoms with Crippen LogP contribution < -0.4 is 5.32 Å². The van der Waals surface area contributed by atoms with E-state index in [-0.39, 0.29) is 31.3 Å². The highest BCUT2D eigenvalue weighted by Crippen LogP contribution is 2.17. The minimum atomic E-state index is -0.798. The van der Waals surface area contributed by atoms with Gasteiger partial charge in [-0.3, -0.25) is 9.59 Å². The SMILES string of the molecule is CC/C=C/C/C=C/C/C=C/C/C=C/C/C=C/CCC(=O)OC(CCCCCCCCCCCC)CC(=O)NC(CO)C(O)CCCCCCCCCCCCCCCC. The second-order valence-corrected chi connectivity index (χ2v) is 16.8. The van der Waals surface area contributed by atoms with E-state index in [9.17, 15) is 19.8 Å². The maximum Gasteiger partial charge on any atom is 0.306 e. The van der Waals surface area contributed by atoms with Gasteiger partial charge in [0.1, 0.15) is 6.10 Å². The Labute approximate surface area is 365 Å². The van der Waals surface area contributed by atoms with Gasteiger partial charge in [-0.05, 0) is 57.8 Å². The summed E-state index contributed by atoms with van der Waals surface area (Å²) in [6.45, 7) is 6.34. The van der Waals surface area contributed by atoms with E-state index in [0.717, 1.165) is 70.6 Å². The van der Waals surface area contributed by atoms with Gasteiger partial charge in [0.15, 0.2) is 0 Å². The smallest absolute Gasteiger partial charge is 0.306 e. The minimum Gasteiger partial charge on any atom is -0.462 e. The molecule has 0 aliphatic heterocycles. The summed E-state index contributed by atoms with van der Waals surface area (Å²) in [4.78, 5) is 26.0. The monoisotopic (exact) mass is 826 g/mol. The molecule has 0 rings (SSSR count). The highest BCUT2D eigenvalue weighted by atomic mass is 16.5. The van der Waals surface area contributed by atoms with Crippen molar-refractivity contribution >= 4 is 11.9 Å². The molecule has 6 heteroatoms. The molecule has 6 nitrogen and oxygen atoms in total. The van der Waals surface area contributed by atoms with Crippen LogP contribution in [0.4, 0.5) is 0 Å². The number of aliphatic hydroxyl groups is 2. The average Bonchev–Trinajstić information content (AvgIpc) is 3.23. The third kappa shape index (κ3) is 42.1. The van der Waals surface area contributed by atoms with E-state index in [1.165, 1.54) is 116 Å². The van der Waals surface area contributed by atoms with E-state index >= 15 is 0 Å². The van der Waals surface area contributed by atoms with Crippen LogP contribution in [-0.4, -0.2) is 46.9 Å². The molecule has 0 aromatic heterocycles. The fourth-order valence-electron chi connectivity index (χ4n) is 7.36. The molecule has 0 aromatic rings. The summed E-state index contributed by atoms with van der Waals surface area (Å²) in [6.07, 6.45) is 57.2. The summed E-state index contributed by atoms with van der Waals surface area (Å²) in [5, 5.41) is 23.7. The summed E-state index contributed by atoms with van der Waals surface area (Å²) in [5.74, 6) is -0.570. The Bertz CT molecular complexity index is 1060. The first kappa shape index (κ1) is 56.6. The van der Waals surface area contributed by atoms with Crippen LogP contribution in [0.15, 0.2) is 60.8 Å². The zero-order valence-electron chi connectivity index (χ0n) is 38.9. The Kier molecular flexibility index (Phi) is 44.7. The summed E-state index contributed by atoms with van der Waals surface area (Å²) in [7, 11) is 0. The van der Waals surface area contributed by atoms with Crippen molar-refractivity contribution in [2.75, 3.05) is 6.61 Å². The summed E-state index contributed by atoms with van der Waals surface area (Å²) in [6, 6.07) is -0.714. The quantitative estimate of drug-likeness (QED) is 0.0323. The third-order valence-electron chi connectivity index (χ3n) is 11.1. The van der Waals surface area contributed by atoms with Gasteiger partial charge < -0.3 is 20.3 Å². The third-order valence-corrected chi connectivity index (χ3v) is 11.1. The fraction of sp³-hybridized carbons (Fsp3) is 0.774. The number of ether oxygens (including phenoxy) is 1. The number of carbonyl (C=O) groups is 2. The van der Waals surface area contributed by atoms with E-state index in [4.69, 9.17) is 4.74 Å². The second kappa shape index (κ2) is 46.6. The number of aliphatic hydroxyl groups excluding tert-OH is 2. The lowest BCUT2D eigenvalue weighted by Crippen LogP contribution is -2.46. The number of nitrogens with one attached hydrogen (secondary N) is 1. The Morgan fingerprint density at radius 2 is 0.881 bits per heavy atom. The van der Waals surface area contributed by atoms with Gasteiger partial charge >= 0.3 is 5.97 Å². The molecule has 342 valence electrons. The van der Waals surface area contributed by atoms with Gasteiger partial charge in [0, 0.05) is 6.42 Å². The maximum atomic E-state index is 13.2. The molecule has 0 bridgehead atoms. The predicted molar refractivity (Wildman–Crippen MR) is 255 cm³/mol. The highest BCUT2D eigenvalue weighted by molar-refractivity contribution is 5.77. The van der Waals surface area contributed by atoms with Crippen molar-refractivity contribution in [3.63, 3.8) is 0 Å². The molecule has 0 saturated heterocycles. The molecule has 0 radical (unpaired) electrons. The van der Waals surface area contributed by atoms with Crippen LogP contribution in [0.2, 0.25) is 0 Å². The van der Waals surface area contributed by atoms with Crippen LogP contribution in [0.25, 0.3) is 0 Å². The Morgan fingerprint density at radius 3 is 1.29 bits per heavy atom. The molecular weight excluding hydrogens is 731 g/mol. The normalized spacial score (nSPS) is 13.8. The Morgan fingerprint density at radius 1 is 0.508 bits per heavy atom. The number of unbranched alkanes of at least 4 members (excludes halogenated alkanes) is 22. The minimum absolute atomic E-state index is 0.0485. The van der Waals surface area contributed by atoms with Crippen LogP contribution in [0.5, 0.6) is 0 Å². The van der Waals surface area contributed by atoms with Crippen molar-refractivity contribution in [1.29, 1.82) is 0 Å². The molecule has 0 aliphatic carbocycles. The molecule has 3 atom stereocenters. The maximum absolute atomic E-state index is 13.2. The van der Waals surface area contributed by atoms with Crippen LogP contribution in [0.1, 0.15) is 239 Å². The predicted octanol–water partition coefficient (Wildman–Crippen LogP) is 14.8. The van der Waals surface area contributed by atoms with Crippen molar-refractivity contribution in [2.24, 2.45) is 0 Å². The van der Waals surface area contributed by atoms with Gasteiger partial charge in [0.2, 0.25) is 5.91 Å². The van der Waals surface area contributed by atoms with E-state index in [1.54, 1.807) is 0 Å². The number of rotatable bonds is 44. The zero-order valence-corrected chi connectivity index (χ0v) is 38.9. The molecule has 1 amide bonds. The average molecular weight is 826 g/mol. The molecule has 0 aromatic carbocycles. The molecule has 0 saturated carbocycles. The van der Waals surface area contributed by atoms with E-state index in [0.29, 0.717) is 19.3 Å². The topological polar surface area (TPSA) is 95.9 Å². The van der Waals surface area contributed by atoms with Crippen molar-refractivity contribution in [3.8, 4) is 0 Å². The van der Waals surface area contributed by atoms with Gasteiger partial charge in [-0.1, -0.05) is 229 Å². The first-order chi connectivity index (χ1) is 29.0. The lowest BCUT2D eigenvalue weighted by Gasteiger charge is -2.24. The number of allylic oxidation sites excluding steroid dienone is 10. The molecular formula is C53H95NO5. The number of amides is 1. The largest absolute Gasteiger partial charge is 0.462 e. The van der Waals surface area contributed by atoms with Crippen molar-refractivity contribution in [1.82, 2.24) is 5.32 Å². The second-order valence-electron chi connectivity index (χ2n) is 16.8. The van der Waals surface area contributed by atoms with Crippen molar-refractivity contribution in [3.05, 3.63) is 60.8 Å². The van der Waals surface area contributed by atoms with E-state index in [2.05, 4.69) is 80.8 Å². The van der Waals surface area contributed by atoms with Gasteiger partial charge in [-0.15, -0.1) is 0 Å².